The zero-order valence-corrected chi connectivity index (χ0v) is 12.9. The number of hydrogen-bond acceptors (Lipinski definition) is 7. The topological polar surface area (TPSA) is 205 Å². The molecular weight excluding hydrogens is 309 g/mol. The average molecular weight is 335 g/mol. The quantitative estimate of drug-likeness (QED) is 0.197. The summed E-state index contributed by atoms with van der Waals surface area (Å²) in [6, 6.07) is 0. The summed E-state index contributed by atoms with van der Waals surface area (Å²) in [6.07, 6.45) is 0. The number of primary amides is 1. The van der Waals surface area contributed by atoms with Crippen molar-refractivity contribution in [3.05, 3.63) is 0 Å². The van der Waals surface area contributed by atoms with E-state index in [-0.39, 0.29) is 39.3 Å². The van der Waals surface area contributed by atoms with E-state index in [0.29, 0.717) is 0 Å². The predicted molar refractivity (Wildman–Crippen MR) is 82.3 cm³/mol. The molecule has 134 valence electrons. The lowest BCUT2D eigenvalue weighted by molar-refractivity contribution is -0.132. The second kappa shape index (κ2) is 9.35. The van der Waals surface area contributed by atoms with Crippen molar-refractivity contribution >= 4 is 17.7 Å². The second-order valence-electron chi connectivity index (χ2n) is 5.33. The van der Waals surface area contributed by atoms with Crippen LogP contribution < -0.4 is 39.3 Å². The van der Waals surface area contributed by atoms with E-state index >= 15 is 0 Å². The van der Waals surface area contributed by atoms with Gasteiger partial charge in [-0.15, -0.1) is 0 Å². The smallest absolute Gasteiger partial charge is 0.251 e. The van der Waals surface area contributed by atoms with E-state index in [2.05, 4.69) is 10.6 Å². The van der Waals surface area contributed by atoms with Crippen LogP contribution in [0.5, 0.6) is 0 Å². The Kier molecular flexibility index (Phi) is 8.61. The van der Waals surface area contributed by atoms with E-state index in [1.165, 1.54) is 0 Å². The summed E-state index contributed by atoms with van der Waals surface area (Å²) in [4.78, 5) is 34.9. The third-order valence-electron chi connectivity index (χ3n) is 3.90. The zero-order chi connectivity index (χ0) is 18.1. The van der Waals surface area contributed by atoms with Gasteiger partial charge in [0.05, 0.1) is 10.8 Å². The first-order valence-electron chi connectivity index (χ1n) is 6.98. The minimum atomic E-state index is -1.35. The van der Waals surface area contributed by atoms with Gasteiger partial charge < -0.3 is 39.3 Å². The molecule has 0 heterocycles. The fourth-order valence-electron chi connectivity index (χ4n) is 1.76. The van der Waals surface area contributed by atoms with Gasteiger partial charge in [0.1, 0.15) is 0 Å². The van der Waals surface area contributed by atoms with Crippen LogP contribution in [0.4, 0.5) is 4.39 Å². The zero-order valence-electron chi connectivity index (χ0n) is 12.9. The maximum atomic E-state index is 12.4. The highest BCUT2D eigenvalue weighted by Gasteiger charge is 2.39. The van der Waals surface area contributed by atoms with E-state index in [1.807, 2.05) is 0 Å². The molecule has 0 saturated carbocycles. The van der Waals surface area contributed by atoms with Crippen LogP contribution in [0.2, 0.25) is 0 Å². The predicted octanol–water partition coefficient (Wildman–Crippen LogP) is -4.52. The number of amides is 3. The summed E-state index contributed by atoms with van der Waals surface area (Å²) >= 11 is 0. The number of carbonyl (C=O) groups excluding carboxylic acids is 3. The Morgan fingerprint density at radius 3 is 1.61 bits per heavy atom. The van der Waals surface area contributed by atoms with E-state index in [9.17, 15) is 18.8 Å². The van der Waals surface area contributed by atoms with Gasteiger partial charge >= 0.3 is 0 Å². The lowest BCUT2D eigenvalue weighted by Crippen LogP contribution is -2.60. The molecular formula is C12H26FN7O3. The number of alkyl halides is 1. The highest BCUT2D eigenvalue weighted by atomic mass is 19.1. The van der Waals surface area contributed by atoms with Gasteiger partial charge in [-0.25, -0.2) is 4.39 Å². The van der Waals surface area contributed by atoms with Gasteiger partial charge in [-0.05, 0) is 0 Å². The summed E-state index contributed by atoms with van der Waals surface area (Å²) in [6.45, 7) is -2.38. The van der Waals surface area contributed by atoms with Crippen molar-refractivity contribution in [1.29, 1.82) is 0 Å². The van der Waals surface area contributed by atoms with Crippen LogP contribution in [0.25, 0.3) is 0 Å². The Bertz CT molecular complexity index is 425. The molecule has 0 aliphatic rings. The first-order valence-corrected chi connectivity index (χ1v) is 6.98. The monoisotopic (exact) mass is 335 g/mol. The van der Waals surface area contributed by atoms with E-state index < -0.39 is 35.2 Å². The molecule has 0 rings (SSSR count). The molecule has 0 aromatic carbocycles. The van der Waals surface area contributed by atoms with E-state index in [0.717, 1.165) is 0 Å². The van der Waals surface area contributed by atoms with Crippen molar-refractivity contribution in [1.82, 2.24) is 10.6 Å². The van der Waals surface area contributed by atoms with Crippen molar-refractivity contribution in [2.45, 2.75) is 0 Å². The highest BCUT2D eigenvalue weighted by Crippen LogP contribution is 2.16. The Morgan fingerprint density at radius 1 is 0.826 bits per heavy atom. The molecule has 10 nitrogen and oxygen atoms in total. The maximum Gasteiger partial charge on any atom is 0.251 e. The molecule has 11 heteroatoms. The molecule has 0 aliphatic heterocycles. The molecule has 23 heavy (non-hydrogen) atoms. The lowest BCUT2D eigenvalue weighted by Gasteiger charge is -2.33. The van der Waals surface area contributed by atoms with Crippen LogP contribution in [0.1, 0.15) is 0 Å². The summed E-state index contributed by atoms with van der Waals surface area (Å²) < 4.78 is 12.2. The van der Waals surface area contributed by atoms with Gasteiger partial charge in [-0.1, -0.05) is 0 Å². The molecule has 0 aromatic rings. The Labute approximate surface area is 133 Å². The minimum absolute atomic E-state index is 0.157. The molecule has 3 amide bonds. The lowest BCUT2D eigenvalue weighted by atomic mass is 9.84. The first kappa shape index (κ1) is 21.2. The minimum Gasteiger partial charge on any atom is -0.369 e. The molecule has 0 aliphatic carbocycles. The SMILES string of the molecule is NCC(CN)(CNC(=O)C(CN)(CN)CNC(=O)CF)C(N)=O. The number of carbonyl (C=O) groups is 3. The van der Waals surface area contributed by atoms with Gasteiger partial charge in [0.25, 0.3) is 5.91 Å². The molecule has 0 atom stereocenters. The largest absolute Gasteiger partial charge is 0.369 e. The van der Waals surface area contributed by atoms with Crippen LogP contribution in [0, 0.1) is 10.8 Å². The molecule has 0 saturated heterocycles. The Hall–Kier alpha value is -1.82. The van der Waals surface area contributed by atoms with Crippen molar-refractivity contribution in [3.63, 3.8) is 0 Å². The van der Waals surface area contributed by atoms with Crippen molar-refractivity contribution < 1.29 is 18.8 Å². The number of halogens is 1. The van der Waals surface area contributed by atoms with E-state index in [1.54, 1.807) is 0 Å². The van der Waals surface area contributed by atoms with Gasteiger partial charge in [-0.3, -0.25) is 14.4 Å². The third kappa shape index (κ3) is 5.10. The van der Waals surface area contributed by atoms with Gasteiger partial charge in [-0.2, -0.15) is 0 Å². The average Bonchev–Trinajstić information content (AvgIpc) is 2.56. The third-order valence-corrected chi connectivity index (χ3v) is 3.90. The molecule has 0 radical (unpaired) electrons. The number of nitrogens with one attached hydrogen (secondary N) is 2. The Morgan fingerprint density at radius 2 is 1.26 bits per heavy atom. The first-order chi connectivity index (χ1) is 10.8. The van der Waals surface area contributed by atoms with Crippen LogP contribution in [-0.4, -0.2) is 63.7 Å². The molecule has 12 N–H and O–H groups in total. The summed E-state index contributed by atoms with van der Waals surface area (Å²) in [5.41, 5.74) is 24.8. The fraction of sp³-hybridized carbons (Fsp3) is 0.750. The van der Waals surface area contributed by atoms with Gasteiger partial charge in [0.15, 0.2) is 6.67 Å². The molecule has 0 aromatic heterocycles. The number of nitrogens with two attached hydrogens (primary N) is 5. The van der Waals surface area contributed by atoms with Crippen LogP contribution in [0.15, 0.2) is 0 Å². The molecule has 0 bridgehead atoms. The summed E-state index contributed by atoms with van der Waals surface area (Å²) in [7, 11) is 0. The highest BCUT2D eigenvalue weighted by molar-refractivity contribution is 5.87. The molecule has 0 fully saturated rings. The summed E-state index contributed by atoms with van der Waals surface area (Å²) in [5.74, 6) is -2.26. The van der Waals surface area contributed by atoms with E-state index in [4.69, 9.17) is 28.7 Å². The normalized spacial score (nSPS) is 11.9. The van der Waals surface area contributed by atoms with Gasteiger partial charge in [0, 0.05) is 39.3 Å². The molecule has 0 spiro atoms. The summed E-state index contributed by atoms with van der Waals surface area (Å²) in [5, 5.41) is 4.71. The Balaban J connectivity index is 5.05. The van der Waals surface area contributed by atoms with Crippen molar-refractivity contribution in [2.24, 2.45) is 39.5 Å². The second-order valence-corrected chi connectivity index (χ2v) is 5.33. The van der Waals surface area contributed by atoms with Gasteiger partial charge in [0.2, 0.25) is 11.8 Å². The number of rotatable bonds is 11. The van der Waals surface area contributed by atoms with Crippen molar-refractivity contribution in [2.75, 3.05) is 45.9 Å². The van der Waals surface area contributed by atoms with Crippen molar-refractivity contribution in [3.8, 4) is 0 Å². The number of hydrogen-bond donors (Lipinski definition) is 7. The maximum absolute atomic E-state index is 12.4. The van der Waals surface area contributed by atoms with Crippen LogP contribution >= 0.6 is 0 Å². The molecule has 0 unspecified atom stereocenters. The fourth-order valence-corrected chi connectivity index (χ4v) is 1.76. The van der Waals surface area contributed by atoms with Crippen LogP contribution in [-0.2, 0) is 14.4 Å². The van der Waals surface area contributed by atoms with Crippen LogP contribution in [0.3, 0.4) is 0 Å². The standard InChI is InChI=1S/C12H26FN7O3/c13-1-8(21)19-7-12(4-16,5-17)10(23)20-6-11(2-14,3-15)9(18)22/h1-7,14-17H2,(H2,18,22)(H,19,21)(H,20,23).